The van der Waals surface area contributed by atoms with Crippen LogP contribution in [0.3, 0.4) is 0 Å². The maximum absolute atomic E-state index is 12.3. The van der Waals surface area contributed by atoms with Crippen molar-refractivity contribution in [3.05, 3.63) is 99.9 Å². The average molecular weight is 490 g/mol. The van der Waals surface area contributed by atoms with Gasteiger partial charge in [-0.25, -0.2) is 9.59 Å². The van der Waals surface area contributed by atoms with E-state index in [1.807, 2.05) is 43.5 Å². The molecule has 0 fully saturated rings. The second-order valence-corrected chi connectivity index (χ2v) is 8.56. The van der Waals surface area contributed by atoms with E-state index in [0.29, 0.717) is 22.6 Å². The number of anilines is 1. The Balaban J connectivity index is 1.30. The minimum atomic E-state index is -0.592. The summed E-state index contributed by atoms with van der Waals surface area (Å²) in [4.78, 5) is 37.0. The Morgan fingerprint density at radius 3 is 2.54 bits per heavy atom. The molecule has 0 aliphatic rings. The number of thioether (sulfide) groups is 1. The molecule has 0 radical (unpaired) electrons. The van der Waals surface area contributed by atoms with Crippen molar-refractivity contribution in [2.75, 3.05) is 18.2 Å². The van der Waals surface area contributed by atoms with Crippen molar-refractivity contribution in [3.8, 4) is 5.75 Å². The molecule has 178 valence electrons. The molecule has 8 heteroatoms. The SMILES string of the molecule is CSc1ccccc1NC(=O)COC(=O)c1ccc(COc2ccc3c(C)cc(=O)oc3c2)cc1. The summed E-state index contributed by atoms with van der Waals surface area (Å²) in [6.45, 7) is 1.72. The second-order valence-electron chi connectivity index (χ2n) is 7.72. The molecule has 0 unspecified atom stereocenters. The fourth-order valence-corrected chi connectivity index (χ4v) is 4.00. The molecule has 0 aliphatic heterocycles. The molecular formula is C27H23NO6S. The van der Waals surface area contributed by atoms with Crippen molar-refractivity contribution in [2.24, 2.45) is 0 Å². The number of fused-ring (bicyclic) bond motifs is 1. The fraction of sp³-hybridized carbons (Fsp3) is 0.148. The van der Waals surface area contributed by atoms with Gasteiger partial charge < -0.3 is 19.2 Å². The molecule has 4 rings (SSSR count). The number of hydrogen-bond donors (Lipinski definition) is 1. The molecule has 0 aliphatic carbocycles. The third-order valence-corrected chi connectivity index (χ3v) is 6.03. The molecule has 35 heavy (non-hydrogen) atoms. The van der Waals surface area contributed by atoms with Crippen molar-refractivity contribution in [2.45, 2.75) is 18.4 Å². The summed E-state index contributed by atoms with van der Waals surface area (Å²) >= 11 is 1.51. The summed E-state index contributed by atoms with van der Waals surface area (Å²) in [6.07, 6.45) is 1.92. The topological polar surface area (TPSA) is 94.8 Å². The maximum atomic E-state index is 12.3. The monoisotopic (exact) mass is 489 g/mol. The lowest BCUT2D eigenvalue weighted by molar-refractivity contribution is -0.119. The van der Waals surface area contributed by atoms with E-state index in [9.17, 15) is 14.4 Å². The highest BCUT2D eigenvalue weighted by molar-refractivity contribution is 7.98. The first-order valence-electron chi connectivity index (χ1n) is 10.8. The van der Waals surface area contributed by atoms with Gasteiger partial charge in [-0.15, -0.1) is 11.8 Å². The largest absolute Gasteiger partial charge is 0.489 e. The van der Waals surface area contributed by atoms with Gasteiger partial charge >= 0.3 is 11.6 Å². The Morgan fingerprint density at radius 1 is 1.00 bits per heavy atom. The maximum Gasteiger partial charge on any atom is 0.338 e. The third kappa shape index (κ3) is 6.10. The fourth-order valence-electron chi connectivity index (χ4n) is 3.45. The minimum absolute atomic E-state index is 0.258. The number of carbonyl (C=O) groups excluding carboxylic acids is 2. The van der Waals surface area contributed by atoms with Gasteiger partial charge in [0.2, 0.25) is 0 Å². The summed E-state index contributed by atoms with van der Waals surface area (Å²) < 4.78 is 16.2. The first kappa shape index (κ1) is 24.1. The van der Waals surface area contributed by atoms with Crippen molar-refractivity contribution in [3.63, 3.8) is 0 Å². The van der Waals surface area contributed by atoms with Crippen LogP contribution in [0.2, 0.25) is 0 Å². The van der Waals surface area contributed by atoms with Crippen LogP contribution in [-0.2, 0) is 16.1 Å². The van der Waals surface area contributed by atoms with E-state index in [0.717, 1.165) is 21.4 Å². The van der Waals surface area contributed by atoms with E-state index in [-0.39, 0.29) is 13.2 Å². The lowest BCUT2D eigenvalue weighted by Crippen LogP contribution is -2.21. The summed E-state index contributed by atoms with van der Waals surface area (Å²) in [5.41, 5.74) is 2.73. The van der Waals surface area contributed by atoms with E-state index >= 15 is 0 Å². The Hall–Kier alpha value is -4.04. The van der Waals surface area contributed by atoms with Gasteiger partial charge in [0.15, 0.2) is 6.61 Å². The number of nitrogens with one attached hydrogen (secondary N) is 1. The zero-order chi connectivity index (χ0) is 24.8. The van der Waals surface area contributed by atoms with E-state index in [1.165, 1.54) is 17.8 Å². The van der Waals surface area contributed by atoms with Gasteiger partial charge in [0.05, 0.1) is 11.3 Å². The van der Waals surface area contributed by atoms with Gasteiger partial charge in [0.1, 0.15) is 17.9 Å². The summed E-state index contributed by atoms with van der Waals surface area (Å²) in [6, 6.07) is 20.9. The molecular weight excluding hydrogens is 466 g/mol. The number of ether oxygens (including phenoxy) is 2. The molecule has 1 N–H and O–H groups in total. The summed E-state index contributed by atoms with van der Waals surface area (Å²) in [5.74, 6) is -0.444. The van der Waals surface area contributed by atoms with E-state index in [4.69, 9.17) is 13.9 Å². The smallest absolute Gasteiger partial charge is 0.338 e. The molecule has 4 aromatic rings. The van der Waals surface area contributed by atoms with Gasteiger partial charge in [0.25, 0.3) is 5.91 Å². The number of aryl methyl sites for hydroxylation is 1. The molecule has 0 atom stereocenters. The number of carbonyl (C=O) groups is 2. The van der Waals surface area contributed by atoms with Gasteiger partial charge in [-0.2, -0.15) is 0 Å². The van der Waals surface area contributed by atoms with Gasteiger partial charge in [0, 0.05) is 22.4 Å². The number of para-hydroxylation sites is 1. The lowest BCUT2D eigenvalue weighted by atomic mass is 10.1. The quantitative estimate of drug-likeness (QED) is 0.207. The normalized spacial score (nSPS) is 10.7. The first-order valence-corrected chi connectivity index (χ1v) is 12.0. The van der Waals surface area contributed by atoms with Crippen molar-refractivity contribution >= 4 is 40.3 Å². The second kappa shape index (κ2) is 10.9. The van der Waals surface area contributed by atoms with E-state index in [1.54, 1.807) is 36.4 Å². The highest BCUT2D eigenvalue weighted by Gasteiger charge is 2.12. The molecule has 0 spiro atoms. The summed E-state index contributed by atoms with van der Waals surface area (Å²) in [7, 11) is 0. The van der Waals surface area contributed by atoms with Crippen LogP contribution in [0, 0.1) is 6.92 Å². The molecule has 1 heterocycles. The molecule has 0 saturated heterocycles. The first-order chi connectivity index (χ1) is 16.9. The molecule has 0 bridgehead atoms. The molecule has 3 aromatic carbocycles. The molecule has 1 amide bonds. The lowest BCUT2D eigenvalue weighted by Gasteiger charge is -2.10. The third-order valence-electron chi connectivity index (χ3n) is 5.23. The van der Waals surface area contributed by atoms with Gasteiger partial charge in [-0.1, -0.05) is 24.3 Å². The van der Waals surface area contributed by atoms with E-state index < -0.39 is 17.5 Å². The van der Waals surface area contributed by atoms with Gasteiger partial charge in [-0.3, -0.25) is 4.79 Å². The van der Waals surface area contributed by atoms with Crippen molar-refractivity contribution in [1.82, 2.24) is 0 Å². The number of rotatable bonds is 8. The summed E-state index contributed by atoms with van der Waals surface area (Å²) in [5, 5.41) is 3.60. The average Bonchev–Trinajstić information content (AvgIpc) is 2.86. The minimum Gasteiger partial charge on any atom is -0.489 e. The van der Waals surface area contributed by atoms with Crippen molar-refractivity contribution < 1.29 is 23.5 Å². The van der Waals surface area contributed by atoms with E-state index in [2.05, 4.69) is 5.32 Å². The van der Waals surface area contributed by atoms with Crippen LogP contribution in [-0.4, -0.2) is 24.7 Å². The highest BCUT2D eigenvalue weighted by Crippen LogP contribution is 2.25. The number of esters is 1. The van der Waals surface area contributed by atoms with Crippen molar-refractivity contribution in [1.29, 1.82) is 0 Å². The number of amides is 1. The van der Waals surface area contributed by atoms with Crippen LogP contribution in [0.1, 0.15) is 21.5 Å². The number of hydrogen-bond acceptors (Lipinski definition) is 7. The standard InChI is InChI=1S/C27H23NO6S/c1-17-13-26(30)34-23-14-20(11-12-21(17)23)32-15-18-7-9-19(10-8-18)27(31)33-16-25(29)28-22-5-3-4-6-24(22)35-2/h3-14H,15-16H2,1-2H3,(H,28,29). The zero-order valence-corrected chi connectivity index (χ0v) is 20.0. The Kier molecular flexibility index (Phi) is 7.52. The van der Waals surface area contributed by atoms with Crippen LogP contribution < -0.4 is 15.7 Å². The Morgan fingerprint density at radius 2 is 1.77 bits per heavy atom. The van der Waals surface area contributed by atoms with Crippen LogP contribution in [0.5, 0.6) is 5.75 Å². The molecule has 1 aromatic heterocycles. The van der Waals surface area contributed by atoms with Gasteiger partial charge in [-0.05, 0) is 60.7 Å². The Bertz CT molecular complexity index is 1430. The molecule has 0 saturated carbocycles. The molecule has 7 nitrogen and oxygen atoms in total. The predicted octanol–water partition coefficient (Wildman–Crippen LogP) is 5.20. The van der Waals surface area contributed by atoms with Crippen LogP contribution >= 0.6 is 11.8 Å². The number of benzene rings is 3. The zero-order valence-electron chi connectivity index (χ0n) is 19.2. The highest BCUT2D eigenvalue weighted by atomic mass is 32.2. The van der Waals surface area contributed by atoms with Crippen LogP contribution in [0.4, 0.5) is 5.69 Å². The Labute approximate surface area is 206 Å². The van der Waals surface area contributed by atoms with Crippen LogP contribution in [0.15, 0.2) is 86.9 Å². The predicted molar refractivity (Wildman–Crippen MR) is 135 cm³/mol. The van der Waals surface area contributed by atoms with Crippen LogP contribution in [0.25, 0.3) is 11.0 Å².